The van der Waals surface area contributed by atoms with Crippen molar-refractivity contribution in [1.29, 1.82) is 0 Å². The first-order chi connectivity index (χ1) is 11.6. The van der Waals surface area contributed by atoms with E-state index >= 15 is 0 Å². The van der Waals surface area contributed by atoms with Crippen LogP contribution in [-0.2, 0) is 0 Å². The average molecular weight is 435 g/mol. The molecule has 0 amide bonds. The van der Waals surface area contributed by atoms with Crippen molar-refractivity contribution in [3.63, 3.8) is 0 Å². The summed E-state index contributed by atoms with van der Waals surface area (Å²) in [7, 11) is 0. The van der Waals surface area contributed by atoms with Gasteiger partial charge in [-0.15, -0.1) is 0 Å². The molecule has 0 radical (unpaired) electrons. The minimum absolute atomic E-state index is 0.312. The maximum absolute atomic E-state index is 4.13. The smallest absolute Gasteiger partial charge is 0.00386 e. The maximum atomic E-state index is 4.13. The molecule has 0 saturated heterocycles. The second-order valence-electron chi connectivity index (χ2n) is 6.67. The van der Waals surface area contributed by atoms with Crippen molar-refractivity contribution in [3.05, 3.63) is 0 Å². The van der Waals surface area contributed by atoms with E-state index < -0.39 is 0 Å². The Morgan fingerprint density at radius 2 is 0.600 bits per heavy atom. The summed E-state index contributed by atoms with van der Waals surface area (Å²) in [6, 6.07) is 0. The average Bonchev–Trinajstić information content (AvgIpc) is 2.66. The minimum Gasteiger partial charge on any atom is -0.179 e. The number of hydrogen-bond acceptors (Lipinski definition) is 4. The molecule has 0 atom stereocenters. The van der Waals surface area contributed by atoms with Gasteiger partial charge >= 0.3 is 0 Å². The van der Waals surface area contributed by atoms with E-state index in [0.717, 1.165) is 23.0 Å². The van der Waals surface area contributed by atoms with Crippen molar-refractivity contribution in [3.8, 4) is 0 Å². The van der Waals surface area contributed by atoms with E-state index in [1.807, 2.05) is 27.7 Å². The standard InChI is InChI=1S/2C5H12S2.C4H10.C3H8.2C2H6/c2*1-5(2,3-6)4-7;1-3-4-2;1-3-2;2*1-2/h2*6-7H,3-4H2,1-2H3;3-4H2,1-2H3;3H2,1-2H3;2*1-2H3. The molecule has 0 fully saturated rings. The molecule has 0 N–H and O–H groups in total. The third-order valence-corrected chi connectivity index (χ3v) is 5.64. The van der Waals surface area contributed by atoms with Gasteiger partial charge in [0.2, 0.25) is 0 Å². The van der Waals surface area contributed by atoms with Gasteiger partial charge in [-0.25, -0.2) is 0 Å². The Bertz CT molecular complexity index is 139. The predicted molar refractivity (Wildman–Crippen MR) is 142 cm³/mol. The largest absolute Gasteiger partial charge is 0.179 e. The Kier molecular flexibility index (Phi) is 59.5. The van der Waals surface area contributed by atoms with Gasteiger partial charge in [0, 0.05) is 0 Å². The van der Waals surface area contributed by atoms with Crippen LogP contribution >= 0.6 is 50.5 Å². The number of hydrogen-bond donors (Lipinski definition) is 4. The molecule has 0 aromatic carbocycles. The number of thiol groups is 4. The first-order valence-electron chi connectivity index (χ1n) is 10.0. The molecular weight excluding hydrogens is 380 g/mol. The van der Waals surface area contributed by atoms with Crippen LogP contribution in [0.25, 0.3) is 0 Å². The van der Waals surface area contributed by atoms with E-state index in [9.17, 15) is 0 Å². The molecule has 0 aliphatic carbocycles. The van der Waals surface area contributed by atoms with Crippen LogP contribution in [0, 0.1) is 10.8 Å². The lowest BCUT2D eigenvalue weighted by atomic mass is 10.0. The van der Waals surface area contributed by atoms with Crippen LogP contribution in [0.4, 0.5) is 0 Å². The molecule has 0 nitrogen and oxygen atoms in total. The van der Waals surface area contributed by atoms with E-state index in [-0.39, 0.29) is 0 Å². The van der Waals surface area contributed by atoms with Crippen LogP contribution < -0.4 is 0 Å². The van der Waals surface area contributed by atoms with Crippen LogP contribution in [0.5, 0.6) is 0 Å². The summed E-state index contributed by atoms with van der Waals surface area (Å²) in [5.74, 6) is 3.65. The lowest BCUT2D eigenvalue weighted by molar-refractivity contribution is 0.495. The van der Waals surface area contributed by atoms with E-state index in [2.05, 4.69) is 106 Å². The van der Waals surface area contributed by atoms with Crippen LogP contribution in [0.2, 0.25) is 0 Å². The quantitative estimate of drug-likeness (QED) is 0.305. The Balaban J connectivity index is -0.0000000469. The van der Waals surface area contributed by atoms with Crippen LogP contribution in [0.3, 0.4) is 0 Å². The zero-order chi connectivity index (χ0) is 21.9. The van der Waals surface area contributed by atoms with Gasteiger partial charge in [-0.3, -0.25) is 0 Å². The van der Waals surface area contributed by atoms with E-state index in [0.29, 0.717) is 10.8 Å². The topological polar surface area (TPSA) is 0 Å². The van der Waals surface area contributed by atoms with Gasteiger partial charge in [0.1, 0.15) is 0 Å². The zero-order valence-corrected chi connectivity index (χ0v) is 23.3. The fraction of sp³-hybridized carbons (Fsp3) is 1.00. The second kappa shape index (κ2) is 36.3. The van der Waals surface area contributed by atoms with Crippen molar-refractivity contribution < 1.29 is 0 Å². The Morgan fingerprint density at radius 1 is 0.480 bits per heavy atom. The number of unbranched alkanes of at least 4 members (excludes halogenated alkanes) is 1. The molecule has 4 heteroatoms. The molecule has 0 unspecified atom stereocenters. The van der Waals surface area contributed by atoms with Gasteiger partial charge in [0.15, 0.2) is 0 Å². The van der Waals surface area contributed by atoms with Gasteiger partial charge in [-0.1, -0.05) is 102 Å². The highest BCUT2D eigenvalue weighted by atomic mass is 32.1. The van der Waals surface area contributed by atoms with Crippen LogP contribution in [0.15, 0.2) is 0 Å². The summed E-state index contributed by atoms with van der Waals surface area (Å²) in [6.45, 7) is 25.2. The molecule has 0 saturated carbocycles. The highest BCUT2D eigenvalue weighted by molar-refractivity contribution is 7.81. The van der Waals surface area contributed by atoms with Crippen LogP contribution in [-0.4, -0.2) is 23.0 Å². The Hall–Kier alpha value is 1.40. The second-order valence-corrected chi connectivity index (χ2v) is 7.93. The van der Waals surface area contributed by atoms with Gasteiger partial charge < -0.3 is 0 Å². The van der Waals surface area contributed by atoms with Gasteiger partial charge in [0.25, 0.3) is 0 Å². The Labute approximate surface area is 186 Å². The fourth-order valence-corrected chi connectivity index (χ4v) is 0.900. The molecule has 0 heterocycles. The minimum atomic E-state index is 0.312. The van der Waals surface area contributed by atoms with Crippen molar-refractivity contribution >= 4 is 50.5 Å². The zero-order valence-electron chi connectivity index (χ0n) is 19.7. The summed E-state index contributed by atoms with van der Waals surface area (Å²) in [6.07, 6.45) is 3.89. The molecule has 162 valence electrons. The first-order valence-corrected chi connectivity index (χ1v) is 12.5. The van der Waals surface area contributed by atoms with Gasteiger partial charge in [-0.2, -0.15) is 50.5 Å². The van der Waals surface area contributed by atoms with Crippen LogP contribution in [0.1, 0.15) is 102 Å². The highest BCUT2D eigenvalue weighted by Gasteiger charge is 2.11. The molecule has 0 aromatic rings. The molecule has 0 aliphatic heterocycles. The summed E-state index contributed by atoms with van der Waals surface area (Å²) in [4.78, 5) is 0. The molecule has 25 heavy (non-hydrogen) atoms. The van der Waals surface area contributed by atoms with E-state index in [4.69, 9.17) is 0 Å². The van der Waals surface area contributed by atoms with Crippen molar-refractivity contribution in [1.82, 2.24) is 0 Å². The monoisotopic (exact) mass is 434 g/mol. The third kappa shape index (κ3) is 67.1. The molecular formula is C21H54S4. The summed E-state index contributed by atoms with van der Waals surface area (Å²) < 4.78 is 0. The van der Waals surface area contributed by atoms with Gasteiger partial charge in [0.05, 0.1) is 0 Å². The van der Waals surface area contributed by atoms with E-state index in [1.54, 1.807) is 0 Å². The summed E-state index contributed by atoms with van der Waals surface area (Å²) in [5, 5.41) is 0. The predicted octanol–water partition coefficient (Wildman–Crippen LogP) is 9.02. The van der Waals surface area contributed by atoms with E-state index in [1.165, 1.54) is 19.3 Å². The maximum Gasteiger partial charge on any atom is -0.00386 e. The molecule has 0 aromatic heterocycles. The third-order valence-electron chi connectivity index (χ3n) is 2.21. The van der Waals surface area contributed by atoms with Gasteiger partial charge in [-0.05, 0) is 33.8 Å². The van der Waals surface area contributed by atoms with Crippen molar-refractivity contribution in [2.75, 3.05) is 23.0 Å². The Morgan fingerprint density at radius 3 is 0.600 bits per heavy atom. The summed E-state index contributed by atoms with van der Waals surface area (Å²) in [5.41, 5.74) is 0.623. The lowest BCUT2D eigenvalue weighted by Gasteiger charge is -2.17. The first kappa shape index (κ1) is 40.9. The fourth-order valence-electron chi connectivity index (χ4n) is 0.1000. The van der Waals surface area contributed by atoms with Crippen molar-refractivity contribution in [2.45, 2.75) is 102 Å². The molecule has 0 aliphatic rings. The molecule has 0 rings (SSSR count). The summed E-state index contributed by atoms with van der Waals surface area (Å²) >= 11 is 16.5. The normalized spacial score (nSPS) is 9.12. The van der Waals surface area contributed by atoms with Crippen molar-refractivity contribution in [2.24, 2.45) is 10.8 Å². The molecule has 0 spiro atoms. The highest BCUT2D eigenvalue weighted by Crippen LogP contribution is 2.17. The number of rotatable bonds is 5. The molecule has 0 bridgehead atoms. The lowest BCUT2D eigenvalue weighted by Crippen LogP contribution is -2.14. The SMILES string of the molecule is CC.CC.CC(C)(CS)CS.CC(C)(CS)CS.CCC.CCCC.